The molecule has 2 aliphatic heterocycles. The second-order valence-electron chi connectivity index (χ2n) is 3.94. The van der Waals surface area contributed by atoms with Gasteiger partial charge in [-0.3, -0.25) is 0 Å². The molecule has 0 bridgehead atoms. The molecule has 0 radical (unpaired) electrons. The minimum atomic E-state index is -0.960. The highest BCUT2D eigenvalue weighted by Crippen LogP contribution is 2.37. The van der Waals surface area contributed by atoms with Crippen LogP contribution in [-0.2, 0) is 11.2 Å². The van der Waals surface area contributed by atoms with Crippen LogP contribution >= 0.6 is 0 Å². The van der Waals surface area contributed by atoms with E-state index < -0.39 is 5.97 Å². The van der Waals surface area contributed by atoms with E-state index in [2.05, 4.69) is 5.32 Å². The fourth-order valence-electron chi connectivity index (χ4n) is 2.12. The highest BCUT2D eigenvalue weighted by Gasteiger charge is 2.21. The van der Waals surface area contributed by atoms with Crippen molar-refractivity contribution in [3.8, 4) is 11.5 Å². The SMILES string of the molecule is O=C(O)/C=C1/NCCc2cc3c(cc21)OCO3. The van der Waals surface area contributed by atoms with Gasteiger partial charge in [-0.2, -0.15) is 0 Å². The lowest BCUT2D eigenvalue weighted by Crippen LogP contribution is -2.23. The highest BCUT2D eigenvalue weighted by atomic mass is 16.7. The minimum Gasteiger partial charge on any atom is -0.478 e. The Hall–Kier alpha value is -2.17. The number of carbonyl (C=O) groups is 1. The number of rotatable bonds is 1. The molecule has 0 saturated carbocycles. The maximum Gasteiger partial charge on any atom is 0.330 e. The summed E-state index contributed by atoms with van der Waals surface area (Å²) in [5.74, 6) is 0.446. The third-order valence-electron chi connectivity index (χ3n) is 2.87. The average molecular weight is 233 g/mol. The van der Waals surface area contributed by atoms with Crippen molar-refractivity contribution in [3.63, 3.8) is 0 Å². The lowest BCUT2D eigenvalue weighted by Gasteiger charge is -2.21. The van der Waals surface area contributed by atoms with Gasteiger partial charge in [0.1, 0.15) is 0 Å². The number of fused-ring (bicyclic) bond motifs is 2. The molecule has 1 aromatic carbocycles. The maximum atomic E-state index is 10.7. The summed E-state index contributed by atoms with van der Waals surface area (Å²) >= 11 is 0. The molecular formula is C12H11NO4. The second-order valence-corrected chi connectivity index (χ2v) is 3.94. The molecule has 5 heteroatoms. The standard InChI is InChI=1S/C12H11NO4/c14-12(15)5-9-8-4-11-10(16-6-17-11)3-7(8)1-2-13-9/h3-5,13H,1-2,6H2,(H,14,15)/b9-5+. The molecular weight excluding hydrogens is 222 g/mol. The van der Waals surface area contributed by atoms with Crippen molar-refractivity contribution in [1.29, 1.82) is 0 Å². The molecule has 0 atom stereocenters. The van der Waals surface area contributed by atoms with Gasteiger partial charge in [0, 0.05) is 23.9 Å². The number of aliphatic carboxylic acids is 1. The number of carboxylic acid groups (broad SMARTS) is 1. The van der Waals surface area contributed by atoms with Crippen molar-refractivity contribution in [2.75, 3.05) is 13.3 Å². The predicted molar refractivity (Wildman–Crippen MR) is 59.9 cm³/mol. The monoisotopic (exact) mass is 233 g/mol. The van der Waals surface area contributed by atoms with Crippen LogP contribution in [0.1, 0.15) is 11.1 Å². The van der Waals surface area contributed by atoms with E-state index in [9.17, 15) is 4.79 Å². The summed E-state index contributed by atoms with van der Waals surface area (Å²) < 4.78 is 10.6. The Morgan fingerprint density at radius 2 is 2.12 bits per heavy atom. The lowest BCUT2D eigenvalue weighted by molar-refractivity contribution is -0.131. The Kier molecular flexibility index (Phi) is 2.18. The summed E-state index contributed by atoms with van der Waals surface area (Å²) in [5, 5.41) is 11.9. The fourth-order valence-corrected chi connectivity index (χ4v) is 2.12. The van der Waals surface area contributed by atoms with Crippen LogP contribution in [0, 0.1) is 0 Å². The maximum absolute atomic E-state index is 10.7. The summed E-state index contributed by atoms with van der Waals surface area (Å²) in [6, 6.07) is 3.76. The predicted octanol–water partition coefficient (Wildman–Crippen LogP) is 0.987. The van der Waals surface area contributed by atoms with E-state index in [1.54, 1.807) is 0 Å². The van der Waals surface area contributed by atoms with Crippen LogP contribution in [0.4, 0.5) is 0 Å². The summed E-state index contributed by atoms with van der Waals surface area (Å²) in [4.78, 5) is 10.7. The van der Waals surface area contributed by atoms with Crippen LogP contribution in [0.25, 0.3) is 5.70 Å². The fraction of sp³-hybridized carbons (Fsp3) is 0.250. The van der Waals surface area contributed by atoms with Crippen molar-refractivity contribution >= 4 is 11.7 Å². The van der Waals surface area contributed by atoms with E-state index in [-0.39, 0.29) is 6.79 Å². The van der Waals surface area contributed by atoms with Crippen LogP contribution in [0.2, 0.25) is 0 Å². The summed E-state index contributed by atoms with van der Waals surface area (Å²) in [6.45, 7) is 0.954. The Morgan fingerprint density at radius 3 is 2.88 bits per heavy atom. The molecule has 0 aliphatic carbocycles. The van der Waals surface area contributed by atoms with Crippen LogP contribution in [0.15, 0.2) is 18.2 Å². The van der Waals surface area contributed by atoms with Gasteiger partial charge >= 0.3 is 5.97 Å². The third kappa shape index (κ3) is 1.69. The topological polar surface area (TPSA) is 67.8 Å². The molecule has 3 rings (SSSR count). The van der Waals surface area contributed by atoms with Gasteiger partial charge in [-0.15, -0.1) is 0 Å². The summed E-state index contributed by atoms with van der Waals surface area (Å²) in [7, 11) is 0. The molecule has 17 heavy (non-hydrogen) atoms. The molecule has 0 aromatic heterocycles. The Morgan fingerprint density at radius 1 is 1.35 bits per heavy atom. The van der Waals surface area contributed by atoms with Crippen molar-refractivity contribution in [3.05, 3.63) is 29.3 Å². The van der Waals surface area contributed by atoms with Crippen molar-refractivity contribution in [2.24, 2.45) is 0 Å². The highest BCUT2D eigenvalue weighted by molar-refractivity contribution is 5.90. The van der Waals surface area contributed by atoms with Gasteiger partial charge in [0.25, 0.3) is 0 Å². The minimum absolute atomic E-state index is 0.226. The smallest absolute Gasteiger partial charge is 0.330 e. The van der Waals surface area contributed by atoms with Crippen molar-refractivity contribution in [1.82, 2.24) is 5.32 Å². The molecule has 0 amide bonds. The molecule has 5 nitrogen and oxygen atoms in total. The Bertz CT molecular complexity index is 521. The molecule has 0 fully saturated rings. The molecule has 2 heterocycles. The zero-order valence-corrected chi connectivity index (χ0v) is 9.03. The first-order valence-electron chi connectivity index (χ1n) is 5.35. The van der Waals surface area contributed by atoms with Gasteiger partial charge < -0.3 is 19.9 Å². The van der Waals surface area contributed by atoms with Crippen LogP contribution in [0.5, 0.6) is 11.5 Å². The van der Waals surface area contributed by atoms with E-state index in [0.717, 1.165) is 29.8 Å². The zero-order chi connectivity index (χ0) is 11.8. The summed E-state index contributed by atoms with van der Waals surface area (Å²) in [5.41, 5.74) is 2.58. The largest absolute Gasteiger partial charge is 0.478 e. The first kappa shape index (κ1) is 10.0. The normalized spacial score (nSPS) is 18.7. The van der Waals surface area contributed by atoms with Crippen molar-refractivity contribution in [2.45, 2.75) is 6.42 Å². The lowest BCUT2D eigenvalue weighted by atomic mass is 9.97. The molecule has 1 aromatic rings. The van der Waals surface area contributed by atoms with Crippen LogP contribution in [-0.4, -0.2) is 24.4 Å². The first-order chi connectivity index (χ1) is 8.24. The van der Waals surface area contributed by atoms with Gasteiger partial charge in [0.2, 0.25) is 6.79 Å². The number of hydrogen-bond acceptors (Lipinski definition) is 4. The number of benzene rings is 1. The molecule has 2 aliphatic rings. The van der Waals surface area contributed by atoms with E-state index in [4.69, 9.17) is 14.6 Å². The molecule has 0 spiro atoms. The first-order valence-corrected chi connectivity index (χ1v) is 5.35. The van der Waals surface area contributed by atoms with Gasteiger partial charge in [0.15, 0.2) is 11.5 Å². The Labute approximate surface area is 97.7 Å². The van der Waals surface area contributed by atoms with Gasteiger partial charge in [-0.25, -0.2) is 4.79 Å². The van der Waals surface area contributed by atoms with Crippen LogP contribution in [0.3, 0.4) is 0 Å². The van der Waals surface area contributed by atoms with Gasteiger partial charge in [0.05, 0.1) is 0 Å². The molecule has 0 unspecified atom stereocenters. The molecule has 0 saturated heterocycles. The number of carboxylic acids is 1. The Balaban J connectivity index is 2.11. The summed E-state index contributed by atoms with van der Waals surface area (Å²) in [6.07, 6.45) is 2.03. The average Bonchev–Trinajstić information content (AvgIpc) is 2.73. The van der Waals surface area contributed by atoms with Gasteiger partial charge in [-0.1, -0.05) is 0 Å². The quantitative estimate of drug-likeness (QED) is 0.708. The van der Waals surface area contributed by atoms with E-state index in [1.165, 1.54) is 6.08 Å². The number of hydrogen-bond donors (Lipinski definition) is 2. The molecule has 2 N–H and O–H groups in total. The number of nitrogens with one attached hydrogen (secondary N) is 1. The zero-order valence-electron chi connectivity index (χ0n) is 9.03. The van der Waals surface area contributed by atoms with Crippen molar-refractivity contribution < 1.29 is 19.4 Å². The molecule has 88 valence electrons. The van der Waals surface area contributed by atoms with E-state index in [1.807, 2.05) is 12.1 Å². The second kappa shape index (κ2) is 3.69. The third-order valence-corrected chi connectivity index (χ3v) is 2.87. The van der Waals surface area contributed by atoms with E-state index in [0.29, 0.717) is 11.4 Å². The van der Waals surface area contributed by atoms with E-state index >= 15 is 0 Å². The van der Waals surface area contributed by atoms with Crippen LogP contribution < -0.4 is 14.8 Å². The number of ether oxygens (including phenoxy) is 2. The van der Waals surface area contributed by atoms with Gasteiger partial charge in [-0.05, 0) is 24.1 Å².